The van der Waals surface area contributed by atoms with Gasteiger partial charge in [0.15, 0.2) is 11.6 Å². The Kier molecular flexibility index (Phi) is 3.06. The zero-order chi connectivity index (χ0) is 10.7. The van der Waals surface area contributed by atoms with Gasteiger partial charge < -0.3 is 10.5 Å². The molecule has 0 saturated carbocycles. The number of halogens is 1. The second-order valence-electron chi connectivity index (χ2n) is 2.86. The smallest absolute Gasteiger partial charge is 0.160 e. The Balaban J connectivity index is 3.20. The molecule has 1 aromatic rings. The molecule has 4 heteroatoms. The van der Waals surface area contributed by atoms with Crippen LogP contribution < -0.4 is 10.5 Å². The second-order valence-corrected chi connectivity index (χ2v) is 2.86. The van der Waals surface area contributed by atoms with E-state index in [1.807, 2.05) is 0 Å². The van der Waals surface area contributed by atoms with Crippen LogP contribution in [0.2, 0.25) is 0 Å². The van der Waals surface area contributed by atoms with Gasteiger partial charge in [-0.25, -0.2) is 4.39 Å². The topological polar surface area (TPSA) is 52.3 Å². The molecule has 0 unspecified atom stereocenters. The van der Waals surface area contributed by atoms with Crippen molar-refractivity contribution in [2.24, 2.45) is 0 Å². The lowest BCUT2D eigenvalue weighted by molar-refractivity contribution is 0.101. The van der Waals surface area contributed by atoms with Crippen LogP contribution in [-0.4, -0.2) is 12.4 Å². The van der Waals surface area contributed by atoms with E-state index in [4.69, 9.17) is 10.5 Å². The molecule has 76 valence electrons. The molecule has 2 N–H and O–H groups in total. The van der Waals surface area contributed by atoms with Crippen molar-refractivity contribution in [3.05, 3.63) is 23.5 Å². The van der Waals surface area contributed by atoms with Gasteiger partial charge in [-0.05, 0) is 26.0 Å². The van der Waals surface area contributed by atoms with Crippen molar-refractivity contribution in [3.63, 3.8) is 0 Å². The molecule has 0 aliphatic heterocycles. The van der Waals surface area contributed by atoms with Crippen LogP contribution in [0.1, 0.15) is 24.2 Å². The number of carbonyl (C=O) groups is 1. The van der Waals surface area contributed by atoms with Gasteiger partial charge in [0.2, 0.25) is 0 Å². The first-order valence-corrected chi connectivity index (χ1v) is 4.29. The largest absolute Gasteiger partial charge is 0.492 e. The zero-order valence-electron chi connectivity index (χ0n) is 8.13. The third kappa shape index (κ3) is 2.02. The first kappa shape index (κ1) is 10.5. The number of benzene rings is 1. The summed E-state index contributed by atoms with van der Waals surface area (Å²) < 4.78 is 18.3. The molecule has 0 heterocycles. The number of ketones is 1. The number of rotatable bonds is 3. The Labute approximate surface area is 81.7 Å². The number of hydrogen-bond acceptors (Lipinski definition) is 3. The highest BCUT2D eigenvalue weighted by atomic mass is 19.1. The van der Waals surface area contributed by atoms with E-state index in [-0.39, 0.29) is 22.8 Å². The highest BCUT2D eigenvalue weighted by molar-refractivity contribution is 5.95. The first-order valence-electron chi connectivity index (χ1n) is 4.29. The number of nitrogens with two attached hydrogens (primary N) is 1. The third-order valence-electron chi connectivity index (χ3n) is 1.80. The lowest BCUT2D eigenvalue weighted by atomic mass is 10.1. The van der Waals surface area contributed by atoms with Gasteiger partial charge in [0.05, 0.1) is 6.61 Å². The normalized spacial score (nSPS) is 9.93. The molecule has 0 spiro atoms. The van der Waals surface area contributed by atoms with Gasteiger partial charge in [-0.2, -0.15) is 0 Å². The van der Waals surface area contributed by atoms with Crippen LogP contribution in [-0.2, 0) is 0 Å². The minimum Gasteiger partial charge on any atom is -0.492 e. The zero-order valence-corrected chi connectivity index (χ0v) is 8.13. The van der Waals surface area contributed by atoms with Crippen LogP contribution in [0.3, 0.4) is 0 Å². The Morgan fingerprint density at radius 1 is 1.57 bits per heavy atom. The molecule has 0 amide bonds. The van der Waals surface area contributed by atoms with Gasteiger partial charge in [0, 0.05) is 5.56 Å². The molecule has 14 heavy (non-hydrogen) atoms. The lowest BCUT2D eigenvalue weighted by Crippen LogP contribution is -2.02. The van der Waals surface area contributed by atoms with Gasteiger partial charge in [0.25, 0.3) is 0 Å². The van der Waals surface area contributed by atoms with E-state index >= 15 is 0 Å². The van der Waals surface area contributed by atoms with Crippen LogP contribution in [0.15, 0.2) is 12.1 Å². The number of hydrogen-bond donors (Lipinski definition) is 1. The van der Waals surface area contributed by atoms with Crippen molar-refractivity contribution in [1.82, 2.24) is 0 Å². The van der Waals surface area contributed by atoms with Gasteiger partial charge in [-0.15, -0.1) is 0 Å². The molecule has 0 bridgehead atoms. The van der Waals surface area contributed by atoms with Crippen molar-refractivity contribution < 1.29 is 13.9 Å². The predicted octanol–water partition coefficient (Wildman–Crippen LogP) is 2.01. The summed E-state index contributed by atoms with van der Waals surface area (Å²) >= 11 is 0. The molecular weight excluding hydrogens is 185 g/mol. The maximum atomic E-state index is 13.2. The van der Waals surface area contributed by atoms with E-state index in [1.54, 1.807) is 6.92 Å². The summed E-state index contributed by atoms with van der Waals surface area (Å²) in [5.41, 5.74) is 5.63. The van der Waals surface area contributed by atoms with E-state index in [2.05, 4.69) is 0 Å². The van der Waals surface area contributed by atoms with Gasteiger partial charge in [0.1, 0.15) is 11.4 Å². The van der Waals surface area contributed by atoms with E-state index in [9.17, 15) is 9.18 Å². The molecular formula is C10H12FNO2. The van der Waals surface area contributed by atoms with E-state index < -0.39 is 5.82 Å². The van der Waals surface area contributed by atoms with Gasteiger partial charge >= 0.3 is 0 Å². The molecule has 0 aliphatic carbocycles. The fourth-order valence-corrected chi connectivity index (χ4v) is 1.07. The van der Waals surface area contributed by atoms with Crippen LogP contribution in [0, 0.1) is 5.82 Å². The minimum absolute atomic E-state index is 0.0585. The molecule has 0 atom stereocenters. The maximum absolute atomic E-state index is 13.2. The summed E-state index contributed by atoms with van der Waals surface area (Å²) in [6.07, 6.45) is 0. The summed E-state index contributed by atoms with van der Waals surface area (Å²) in [6, 6.07) is 2.56. The number of nitrogen functional groups attached to an aromatic ring is 1. The first-order chi connectivity index (χ1) is 6.56. The average molecular weight is 197 g/mol. The maximum Gasteiger partial charge on any atom is 0.160 e. The molecule has 0 aliphatic rings. The summed E-state index contributed by atoms with van der Waals surface area (Å²) in [5.74, 6) is -0.622. The molecule has 1 aromatic carbocycles. The fraction of sp³-hybridized carbons (Fsp3) is 0.300. The summed E-state index contributed by atoms with van der Waals surface area (Å²) in [6.45, 7) is 3.50. The fourth-order valence-electron chi connectivity index (χ4n) is 1.07. The van der Waals surface area contributed by atoms with Crippen molar-refractivity contribution in [2.45, 2.75) is 13.8 Å². The van der Waals surface area contributed by atoms with Gasteiger partial charge in [-0.1, -0.05) is 0 Å². The summed E-state index contributed by atoms with van der Waals surface area (Å²) in [7, 11) is 0. The Morgan fingerprint density at radius 3 is 2.71 bits per heavy atom. The lowest BCUT2D eigenvalue weighted by Gasteiger charge is -2.08. The van der Waals surface area contributed by atoms with E-state index in [0.29, 0.717) is 6.61 Å². The summed E-state index contributed by atoms with van der Waals surface area (Å²) in [5, 5.41) is 0. The molecule has 0 aromatic heterocycles. The average Bonchev–Trinajstić information content (AvgIpc) is 2.12. The molecule has 0 fully saturated rings. The van der Waals surface area contributed by atoms with Crippen LogP contribution in [0.25, 0.3) is 0 Å². The molecule has 1 rings (SSSR count). The van der Waals surface area contributed by atoms with Crippen molar-refractivity contribution in [3.8, 4) is 5.75 Å². The molecule has 0 saturated heterocycles. The van der Waals surface area contributed by atoms with E-state index in [1.165, 1.54) is 13.0 Å². The van der Waals surface area contributed by atoms with Crippen LogP contribution in [0.4, 0.5) is 10.1 Å². The highest BCUT2D eigenvalue weighted by Gasteiger charge is 2.10. The number of Topliss-reactive ketones (excluding diaryl/α,β-unsaturated/α-hetero) is 1. The van der Waals surface area contributed by atoms with E-state index in [0.717, 1.165) is 6.07 Å². The standard InChI is InChI=1S/C10H12FNO2/c1-3-14-9-5-7(6(2)13)4-8(11)10(9)12/h4-5H,3,12H2,1-2H3. The number of ether oxygens (including phenoxy) is 1. The van der Waals surface area contributed by atoms with Crippen molar-refractivity contribution in [1.29, 1.82) is 0 Å². The quantitative estimate of drug-likeness (QED) is 0.595. The molecule has 3 nitrogen and oxygen atoms in total. The Morgan fingerprint density at radius 2 is 2.21 bits per heavy atom. The van der Waals surface area contributed by atoms with Gasteiger partial charge in [-0.3, -0.25) is 4.79 Å². The monoisotopic (exact) mass is 197 g/mol. The number of anilines is 1. The molecule has 0 radical (unpaired) electrons. The van der Waals surface area contributed by atoms with Crippen molar-refractivity contribution in [2.75, 3.05) is 12.3 Å². The Hall–Kier alpha value is -1.58. The Bertz CT molecular complexity index is 363. The second kappa shape index (κ2) is 4.09. The van der Waals surface area contributed by atoms with Crippen molar-refractivity contribution >= 4 is 11.5 Å². The minimum atomic E-state index is -0.624. The summed E-state index contributed by atoms with van der Waals surface area (Å²) in [4.78, 5) is 11.0. The van der Waals surface area contributed by atoms with Crippen LogP contribution >= 0.6 is 0 Å². The number of carbonyl (C=O) groups excluding carboxylic acids is 1. The highest BCUT2D eigenvalue weighted by Crippen LogP contribution is 2.26. The SMILES string of the molecule is CCOc1cc(C(C)=O)cc(F)c1N. The third-order valence-corrected chi connectivity index (χ3v) is 1.80. The van der Waals surface area contributed by atoms with Crippen LogP contribution in [0.5, 0.6) is 5.75 Å². The predicted molar refractivity (Wildman–Crippen MR) is 52.0 cm³/mol.